The third-order valence-corrected chi connectivity index (χ3v) is 4.66. The first kappa shape index (κ1) is 21.8. The molecule has 0 saturated carbocycles. The minimum Gasteiger partial charge on any atom is -0.469 e. The Balaban J connectivity index is 1.73. The highest BCUT2D eigenvalue weighted by Crippen LogP contribution is 2.16. The molecule has 0 fully saturated rings. The maximum atomic E-state index is 12.7. The highest BCUT2D eigenvalue weighted by molar-refractivity contribution is 5.87. The molecule has 0 saturated heterocycles. The first-order valence-electron chi connectivity index (χ1n) is 9.88. The van der Waals surface area contributed by atoms with Gasteiger partial charge in [-0.3, -0.25) is 14.9 Å². The van der Waals surface area contributed by atoms with Gasteiger partial charge in [0, 0.05) is 18.5 Å². The van der Waals surface area contributed by atoms with E-state index in [9.17, 15) is 14.4 Å². The number of hydrogen-bond acceptors (Lipinski definition) is 5. The van der Waals surface area contributed by atoms with E-state index in [1.54, 1.807) is 6.07 Å². The number of rotatable bonds is 8. The van der Waals surface area contributed by atoms with Crippen LogP contribution in [-0.4, -0.2) is 30.8 Å². The van der Waals surface area contributed by atoms with Crippen molar-refractivity contribution < 1.29 is 19.1 Å². The molecule has 2 aromatic carbocycles. The maximum Gasteiger partial charge on any atom is 0.411 e. The van der Waals surface area contributed by atoms with Gasteiger partial charge in [0.05, 0.1) is 20.1 Å². The Labute approximate surface area is 180 Å². The van der Waals surface area contributed by atoms with Gasteiger partial charge in [-0.05, 0) is 22.8 Å². The first-order valence-corrected chi connectivity index (χ1v) is 9.88. The molecule has 0 unspecified atom stereocenters. The summed E-state index contributed by atoms with van der Waals surface area (Å²) >= 11 is 0. The van der Waals surface area contributed by atoms with E-state index < -0.39 is 17.6 Å². The summed E-state index contributed by atoms with van der Waals surface area (Å²) in [6.07, 6.45) is 0.118. The molecule has 0 aliphatic rings. The zero-order valence-electron chi connectivity index (χ0n) is 17.2. The number of aromatic nitrogens is 1. The van der Waals surface area contributed by atoms with Crippen LogP contribution in [-0.2, 0) is 33.5 Å². The largest absolute Gasteiger partial charge is 0.469 e. The summed E-state index contributed by atoms with van der Waals surface area (Å²) in [4.78, 5) is 39.5. The molecule has 160 valence electrons. The second-order valence-electron chi connectivity index (χ2n) is 6.94. The summed E-state index contributed by atoms with van der Waals surface area (Å²) < 4.78 is 9.93. The Morgan fingerprint density at radius 3 is 2.26 bits per heavy atom. The number of anilines is 1. The topological polar surface area (TPSA) is 97.5 Å². The van der Waals surface area contributed by atoms with Crippen LogP contribution in [0.3, 0.4) is 0 Å². The molecule has 31 heavy (non-hydrogen) atoms. The minimum absolute atomic E-state index is 0.0214. The van der Waals surface area contributed by atoms with E-state index >= 15 is 0 Å². The smallest absolute Gasteiger partial charge is 0.411 e. The van der Waals surface area contributed by atoms with Crippen LogP contribution in [0.4, 0.5) is 10.5 Å². The van der Waals surface area contributed by atoms with Crippen molar-refractivity contribution in [1.82, 2.24) is 4.98 Å². The number of aromatic amines is 1. The molecule has 1 aromatic heterocycles. The van der Waals surface area contributed by atoms with Crippen LogP contribution in [0.5, 0.6) is 0 Å². The molecule has 0 bridgehead atoms. The summed E-state index contributed by atoms with van der Waals surface area (Å²) in [5.74, 6) is -0.517. The summed E-state index contributed by atoms with van der Waals surface area (Å²) in [6.45, 7) is 0.159. The van der Waals surface area contributed by atoms with Crippen molar-refractivity contribution in [3.63, 3.8) is 0 Å². The van der Waals surface area contributed by atoms with E-state index in [4.69, 9.17) is 9.47 Å². The summed E-state index contributed by atoms with van der Waals surface area (Å²) in [5.41, 5.74) is 2.49. The highest BCUT2D eigenvalue weighted by atomic mass is 16.5. The minimum atomic E-state index is -0.761. The van der Waals surface area contributed by atoms with Crippen molar-refractivity contribution in [2.24, 2.45) is 0 Å². The van der Waals surface area contributed by atoms with E-state index in [1.807, 2.05) is 60.7 Å². The average molecular weight is 420 g/mol. The predicted octanol–water partition coefficient (Wildman–Crippen LogP) is 3.47. The molecule has 0 atom stereocenters. The van der Waals surface area contributed by atoms with Crippen LogP contribution in [0.15, 0.2) is 71.5 Å². The van der Waals surface area contributed by atoms with Gasteiger partial charge in [-0.1, -0.05) is 60.7 Å². The Kier molecular flexibility index (Phi) is 7.59. The van der Waals surface area contributed by atoms with Gasteiger partial charge in [0.2, 0.25) is 0 Å². The number of ether oxygens (including phenoxy) is 2. The number of amides is 1. The lowest BCUT2D eigenvalue weighted by Crippen LogP contribution is -2.25. The molecule has 0 spiro atoms. The van der Waals surface area contributed by atoms with Crippen LogP contribution in [0.2, 0.25) is 0 Å². The SMILES string of the molecule is COC(=O)Cc1cc(Cc2ccccc2)[nH]c(=O)c1NC(=O)OCCc1ccccc1. The van der Waals surface area contributed by atoms with Gasteiger partial charge in [-0.25, -0.2) is 4.79 Å². The number of H-pyrrole nitrogens is 1. The molecule has 7 nitrogen and oxygen atoms in total. The Bertz CT molecular complexity index is 1080. The zero-order chi connectivity index (χ0) is 22.1. The van der Waals surface area contributed by atoms with Crippen LogP contribution >= 0.6 is 0 Å². The molecular weight excluding hydrogens is 396 g/mol. The number of hydrogen-bond donors (Lipinski definition) is 2. The van der Waals surface area contributed by atoms with Gasteiger partial charge in [0.25, 0.3) is 5.56 Å². The quantitative estimate of drug-likeness (QED) is 0.544. The number of carbonyl (C=O) groups excluding carboxylic acids is 2. The van der Waals surface area contributed by atoms with Gasteiger partial charge in [0.1, 0.15) is 5.69 Å². The first-order chi connectivity index (χ1) is 15.0. The molecule has 2 N–H and O–H groups in total. The monoisotopic (exact) mass is 420 g/mol. The Morgan fingerprint density at radius 2 is 1.61 bits per heavy atom. The predicted molar refractivity (Wildman–Crippen MR) is 117 cm³/mol. The molecule has 7 heteroatoms. The molecule has 3 rings (SSSR count). The van der Waals surface area contributed by atoms with E-state index in [-0.39, 0.29) is 18.7 Å². The normalized spacial score (nSPS) is 10.4. The summed E-state index contributed by atoms with van der Waals surface area (Å²) in [6, 6.07) is 20.9. The molecule has 1 heterocycles. The number of carbonyl (C=O) groups is 2. The van der Waals surface area contributed by atoms with E-state index in [2.05, 4.69) is 10.3 Å². The Hall–Kier alpha value is -3.87. The number of esters is 1. The lowest BCUT2D eigenvalue weighted by molar-refractivity contribution is -0.139. The van der Waals surface area contributed by atoms with Gasteiger partial charge in [0.15, 0.2) is 0 Å². The van der Waals surface area contributed by atoms with Crippen molar-refractivity contribution in [2.75, 3.05) is 19.0 Å². The van der Waals surface area contributed by atoms with Crippen LogP contribution < -0.4 is 10.9 Å². The number of nitrogens with one attached hydrogen (secondary N) is 2. The fraction of sp³-hybridized carbons (Fsp3) is 0.208. The zero-order valence-corrected chi connectivity index (χ0v) is 17.2. The molecule has 0 aliphatic carbocycles. The fourth-order valence-corrected chi connectivity index (χ4v) is 3.13. The van der Waals surface area contributed by atoms with Gasteiger partial charge in [-0.15, -0.1) is 0 Å². The number of benzene rings is 2. The average Bonchev–Trinajstić information content (AvgIpc) is 2.77. The third kappa shape index (κ3) is 6.57. The number of methoxy groups -OCH3 is 1. The van der Waals surface area contributed by atoms with Crippen molar-refractivity contribution in [2.45, 2.75) is 19.3 Å². The second-order valence-corrected chi connectivity index (χ2v) is 6.94. The Morgan fingerprint density at radius 1 is 0.968 bits per heavy atom. The van der Waals surface area contributed by atoms with Crippen molar-refractivity contribution in [3.8, 4) is 0 Å². The van der Waals surface area contributed by atoms with Crippen molar-refractivity contribution in [3.05, 3.63) is 99.5 Å². The summed E-state index contributed by atoms with van der Waals surface area (Å²) in [5, 5.41) is 2.47. The van der Waals surface area contributed by atoms with Gasteiger partial charge in [-0.2, -0.15) is 0 Å². The molecule has 0 radical (unpaired) electrons. The lowest BCUT2D eigenvalue weighted by Gasteiger charge is -2.12. The standard InChI is InChI=1S/C24H24N2O5/c1-30-21(27)16-19-15-20(14-18-10-6-3-7-11-18)25-23(28)22(19)26-24(29)31-13-12-17-8-4-2-5-9-17/h2-11,15H,12-14,16H2,1H3,(H,25,28)(H,26,29). The number of pyridine rings is 1. The molecule has 1 amide bonds. The third-order valence-electron chi connectivity index (χ3n) is 4.66. The van der Waals surface area contributed by atoms with Gasteiger partial charge < -0.3 is 14.5 Å². The fourth-order valence-electron chi connectivity index (χ4n) is 3.13. The highest BCUT2D eigenvalue weighted by Gasteiger charge is 2.17. The van der Waals surface area contributed by atoms with Crippen molar-refractivity contribution >= 4 is 17.7 Å². The van der Waals surface area contributed by atoms with Crippen LogP contribution in [0.1, 0.15) is 22.4 Å². The van der Waals surface area contributed by atoms with E-state index in [0.29, 0.717) is 24.1 Å². The van der Waals surface area contributed by atoms with Crippen LogP contribution in [0.25, 0.3) is 0 Å². The maximum absolute atomic E-state index is 12.7. The molecule has 3 aromatic rings. The molecule has 0 aliphatic heterocycles. The van der Waals surface area contributed by atoms with Gasteiger partial charge >= 0.3 is 12.1 Å². The summed E-state index contributed by atoms with van der Waals surface area (Å²) in [7, 11) is 1.27. The lowest BCUT2D eigenvalue weighted by atomic mass is 10.1. The van der Waals surface area contributed by atoms with Crippen LogP contribution in [0, 0.1) is 0 Å². The van der Waals surface area contributed by atoms with Crippen molar-refractivity contribution in [1.29, 1.82) is 0 Å². The van der Waals surface area contributed by atoms with E-state index in [0.717, 1.165) is 11.1 Å². The van der Waals surface area contributed by atoms with E-state index in [1.165, 1.54) is 7.11 Å². The second kappa shape index (κ2) is 10.8. The molecular formula is C24H24N2O5.